The van der Waals surface area contributed by atoms with Crippen LogP contribution in [0.25, 0.3) is 0 Å². The third-order valence-electron chi connectivity index (χ3n) is 3.76. The first-order valence-electron chi connectivity index (χ1n) is 7.77. The van der Waals surface area contributed by atoms with Gasteiger partial charge in [0.2, 0.25) is 0 Å². The molecule has 0 fully saturated rings. The third-order valence-corrected chi connectivity index (χ3v) is 5.70. The maximum absolute atomic E-state index is 11.5. The molecular formula is C16H24O4S2-2. The van der Waals surface area contributed by atoms with Crippen LogP contribution >= 0.6 is 0 Å². The van der Waals surface area contributed by atoms with Gasteiger partial charge in [-0.3, -0.25) is 8.42 Å². The monoisotopic (exact) mass is 344 g/mol. The molecule has 0 bridgehead atoms. The van der Waals surface area contributed by atoms with Crippen molar-refractivity contribution in [2.24, 2.45) is 0 Å². The Labute approximate surface area is 138 Å². The van der Waals surface area contributed by atoms with Gasteiger partial charge < -0.3 is 9.11 Å². The predicted molar refractivity (Wildman–Crippen MR) is 88.8 cm³/mol. The van der Waals surface area contributed by atoms with E-state index in [1.165, 1.54) is 0 Å². The minimum absolute atomic E-state index is 0.563. The van der Waals surface area contributed by atoms with Crippen molar-refractivity contribution in [2.45, 2.75) is 62.9 Å². The zero-order chi connectivity index (χ0) is 16.5. The highest BCUT2D eigenvalue weighted by molar-refractivity contribution is 7.79. The fraction of sp³-hybridized carbons (Fsp3) is 0.625. The molecule has 0 saturated heterocycles. The molecule has 0 heterocycles. The van der Waals surface area contributed by atoms with Crippen LogP contribution in [0.15, 0.2) is 24.3 Å². The summed E-state index contributed by atoms with van der Waals surface area (Å²) in [6.45, 7) is 4.03. The van der Waals surface area contributed by atoms with Gasteiger partial charge in [0.25, 0.3) is 0 Å². The van der Waals surface area contributed by atoms with E-state index in [1.807, 2.05) is 13.8 Å². The maximum Gasteiger partial charge on any atom is 0.0465 e. The number of benzene rings is 1. The van der Waals surface area contributed by atoms with Gasteiger partial charge in [0.05, 0.1) is 0 Å². The summed E-state index contributed by atoms with van der Waals surface area (Å²) in [6.07, 6.45) is 4.64. The van der Waals surface area contributed by atoms with Crippen LogP contribution in [0, 0.1) is 0 Å². The molecule has 0 aliphatic rings. The molecule has 0 spiro atoms. The fourth-order valence-corrected chi connectivity index (χ4v) is 3.94. The molecule has 4 nitrogen and oxygen atoms in total. The van der Waals surface area contributed by atoms with Crippen LogP contribution in [-0.2, 0) is 22.2 Å². The second-order valence-corrected chi connectivity index (χ2v) is 7.63. The van der Waals surface area contributed by atoms with E-state index in [0.29, 0.717) is 24.0 Å². The van der Waals surface area contributed by atoms with E-state index in [1.54, 1.807) is 24.3 Å². The van der Waals surface area contributed by atoms with Crippen LogP contribution in [0.4, 0.5) is 0 Å². The number of unbranched alkanes of at least 4 members (excludes halogenated alkanes) is 2. The van der Waals surface area contributed by atoms with E-state index < -0.39 is 32.7 Å². The second-order valence-electron chi connectivity index (χ2n) is 5.45. The summed E-state index contributed by atoms with van der Waals surface area (Å²) in [4.78, 5) is 0. The first-order valence-corrected chi connectivity index (χ1v) is 10.0. The van der Waals surface area contributed by atoms with E-state index in [4.69, 9.17) is 0 Å². The second kappa shape index (κ2) is 10.3. The van der Waals surface area contributed by atoms with Gasteiger partial charge >= 0.3 is 0 Å². The molecule has 1 rings (SSSR count). The average Bonchev–Trinajstić information content (AvgIpc) is 2.48. The van der Waals surface area contributed by atoms with Gasteiger partial charge in [-0.2, -0.15) is 0 Å². The van der Waals surface area contributed by atoms with Crippen molar-refractivity contribution >= 4 is 22.2 Å². The Balaban J connectivity index is 3.03. The minimum Gasteiger partial charge on any atom is -0.772 e. The molecule has 0 N–H and O–H groups in total. The molecule has 0 aliphatic heterocycles. The summed E-state index contributed by atoms with van der Waals surface area (Å²) in [5.41, 5.74) is 1.37. The van der Waals surface area contributed by atoms with E-state index in [9.17, 15) is 17.5 Å². The van der Waals surface area contributed by atoms with Gasteiger partial charge in [0.1, 0.15) is 0 Å². The molecule has 22 heavy (non-hydrogen) atoms. The maximum atomic E-state index is 11.5. The SMILES string of the molecule is CCCCC(c1cccc(C(CCCC)S(=O)[O-])c1)S(=O)[O-]. The van der Waals surface area contributed by atoms with E-state index in [2.05, 4.69) is 0 Å². The molecule has 1 aromatic carbocycles. The smallest absolute Gasteiger partial charge is 0.0465 e. The lowest BCUT2D eigenvalue weighted by Crippen LogP contribution is -2.10. The van der Waals surface area contributed by atoms with Crippen LogP contribution in [0.1, 0.15) is 74.0 Å². The number of hydrogen-bond donors (Lipinski definition) is 0. The van der Waals surface area contributed by atoms with Crippen molar-refractivity contribution in [3.8, 4) is 0 Å². The number of hydrogen-bond acceptors (Lipinski definition) is 4. The third kappa shape index (κ3) is 5.91. The van der Waals surface area contributed by atoms with Crippen molar-refractivity contribution < 1.29 is 17.5 Å². The molecular weight excluding hydrogens is 320 g/mol. The van der Waals surface area contributed by atoms with Crippen molar-refractivity contribution in [1.29, 1.82) is 0 Å². The molecule has 4 atom stereocenters. The molecule has 0 aliphatic carbocycles. The normalized spacial score (nSPS) is 16.9. The Kier molecular flexibility index (Phi) is 9.09. The highest BCUT2D eigenvalue weighted by Crippen LogP contribution is 2.30. The first-order chi connectivity index (χ1) is 10.5. The van der Waals surface area contributed by atoms with Gasteiger partial charge in [-0.1, -0.05) is 63.8 Å². The van der Waals surface area contributed by atoms with E-state index >= 15 is 0 Å². The Morgan fingerprint density at radius 3 is 1.64 bits per heavy atom. The Morgan fingerprint density at radius 1 is 0.909 bits per heavy atom. The van der Waals surface area contributed by atoms with E-state index in [-0.39, 0.29) is 0 Å². The van der Waals surface area contributed by atoms with Crippen molar-refractivity contribution in [3.05, 3.63) is 35.4 Å². The molecule has 1 aromatic rings. The van der Waals surface area contributed by atoms with Gasteiger partial charge in [0.15, 0.2) is 0 Å². The summed E-state index contributed by atoms with van der Waals surface area (Å²) in [7, 11) is 0. The lowest BCUT2D eigenvalue weighted by atomic mass is 10.0. The summed E-state index contributed by atoms with van der Waals surface area (Å²) in [5, 5.41) is -1.13. The summed E-state index contributed by atoms with van der Waals surface area (Å²) >= 11 is -4.39. The zero-order valence-corrected chi connectivity index (χ0v) is 14.8. The lowest BCUT2D eigenvalue weighted by molar-refractivity contribution is 0.513. The zero-order valence-electron chi connectivity index (χ0n) is 13.2. The standard InChI is InChI=1S/C16H26O4S2/c1-3-5-10-15(21(17)18)13-8-7-9-14(12-13)16(22(19)20)11-6-4-2/h7-9,12,15-16H,3-6,10-11H2,1-2H3,(H,17,18)(H,19,20)/p-2. The highest BCUT2D eigenvalue weighted by Gasteiger charge is 2.16. The fourth-order valence-electron chi connectivity index (χ4n) is 2.49. The summed E-state index contributed by atoms with van der Waals surface area (Å²) in [5.74, 6) is 0. The first kappa shape index (κ1) is 19.5. The van der Waals surface area contributed by atoms with Crippen molar-refractivity contribution in [3.63, 3.8) is 0 Å². The van der Waals surface area contributed by atoms with Crippen LogP contribution in [0.5, 0.6) is 0 Å². The largest absolute Gasteiger partial charge is 0.772 e. The quantitative estimate of drug-likeness (QED) is 0.603. The van der Waals surface area contributed by atoms with Gasteiger partial charge in [-0.25, -0.2) is 0 Å². The molecule has 126 valence electrons. The summed E-state index contributed by atoms with van der Waals surface area (Å²) in [6, 6.07) is 7.03. The molecule has 0 saturated carbocycles. The lowest BCUT2D eigenvalue weighted by Gasteiger charge is -2.24. The predicted octanol–water partition coefficient (Wildman–Crippen LogP) is 3.91. The Bertz CT molecular complexity index is 463. The van der Waals surface area contributed by atoms with Crippen LogP contribution < -0.4 is 0 Å². The highest BCUT2D eigenvalue weighted by atomic mass is 32.2. The van der Waals surface area contributed by atoms with Crippen LogP contribution in [-0.4, -0.2) is 17.5 Å². The topological polar surface area (TPSA) is 80.3 Å². The number of rotatable bonds is 10. The summed E-state index contributed by atoms with van der Waals surface area (Å²) < 4.78 is 45.9. The van der Waals surface area contributed by atoms with Crippen molar-refractivity contribution in [2.75, 3.05) is 0 Å². The molecule has 4 unspecified atom stereocenters. The van der Waals surface area contributed by atoms with Crippen LogP contribution in [0.2, 0.25) is 0 Å². The molecule has 0 amide bonds. The van der Waals surface area contributed by atoms with Gasteiger partial charge in [0, 0.05) is 10.5 Å². The van der Waals surface area contributed by atoms with Gasteiger partial charge in [-0.15, -0.1) is 0 Å². The molecule has 0 radical (unpaired) electrons. The Morgan fingerprint density at radius 2 is 1.32 bits per heavy atom. The Hall–Kier alpha value is -0.560. The van der Waals surface area contributed by atoms with E-state index in [0.717, 1.165) is 25.7 Å². The van der Waals surface area contributed by atoms with Gasteiger partial charge in [-0.05, 0) is 46.1 Å². The average molecular weight is 344 g/mol. The van der Waals surface area contributed by atoms with Crippen molar-refractivity contribution in [1.82, 2.24) is 0 Å². The molecule has 0 aromatic heterocycles. The molecule has 6 heteroatoms. The van der Waals surface area contributed by atoms with Crippen LogP contribution in [0.3, 0.4) is 0 Å². The minimum atomic E-state index is -2.20.